The third-order valence-electron chi connectivity index (χ3n) is 3.03. The van der Waals surface area contributed by atoms with Crippen LogP contribution >= 0.6 is 47.0 Å². The Morgan fingerprint density at radius 3 is 2.44 bits per heavy atom. The van der Waals surface area contributed by atoms with Gasteiger partial charge in [0.15, 0.2) is 5.75 Å². The molecule has 0 aliphatic carbocycles. The van der Waals surface area contributed by atoms with Crippen LogP contribution in [0.1, 0.15) is 6.92 Å². The van der Waals surface area contributed by atoms with Crippen molar-refractivity contribution in [2.24, 2.45) is 0 Å². The van der Waals surface area contributed by atoms with Crippen molar-refractivity contribution in [2.45, 2.75) is 6.92 Å². The fourth-order valence-corrected chi connectivity index (χ4v) is 2.71. The lowest BCUT2D eigenvalue weighted by molar-refractivity contribution is -0.132. The van der Waals surface area contributed by atoms with E-state index in [2.05, 4.69) is 11.9 Å². The lowest BCUT2D eigenvalue weighted by Gasteiger charge is -2.15. The molecule has 0 spiro atoms. The smallest absolute Gasteiger partial charge is 0.346 e. The number of hydrogen-bond acceptors (Lipinski definition) is 6. The summed E-state index contributed by atoms with van der Waals surface area (Å²) >= 11 is 13.4. The van der Waals surface area contributed by atoms with E-state index in [1.165, 1.54) is 25.1 Å². The number of carboxylic acids is 1. The molecule has 10 heteroatoms. The van der Waals surface area contributed by atoms with Gasteiger partial charge in [-0.1, -0.05) is 29.8 Å². The van der Waals surface area contributed by atoms with Gasteiger partial charge in [0, 0.05) is 17.9 Å². The summed E-state index contributed by atoms with van der Waals surface area (Å²) in [4.78, 5) is 23.6. The number of thioether (sulfide) groups is 1. The summed E-state index contributed by atoms with van der Waals surface area (Å²) in [5.41, 5.74) is 0.348. The van der Waals surface area contributed by atoms with Crippen molar-refractivity contribution in [2.75, 3.05) is 17.8 Å². The number of ether oxygens (including phenoxy) is 1. The van der Waals surface area contributed by atoms with Gasteiger partial charge in [0.2, 0.25) is 0 Å². The van der Waals surface area contributed by atoms with E-state index in [0.717, 1.165) is 23.8 Å². The molecule has 1 aromatic carbocycles. The molecule has 1 amide bonds. The largest absolute Gasteiger partial charge is 0.477 e. The number of carboxylic acid groups (broad SMARTS) is 1. The number of anilines is 1. The van der Waals surface area contributed by atoms with Gasteiger partial charge in [-0.2, -0.15) is 0 Å². The summed E-state index contributed by atoms with van der Waals surface area (Å²) in [6, 6.07) is 4.67. The van der Waals surface area contributed by atoms with Crippen LogP contribution in [-0.2, 0) is 9.59 Å². The topological polar surface area (TPSA) is 84.9 Å². The molecular formula is C17H17Cl2NO5S2. The minimum Gasteiger partial charge on any atom is -0.477 e. The molecule has 0 saturated heterocycles. The highest BCUT2D eigenvalue weighted by molar-refractivity contribution is 8.03. The number of rotatable bonds is 9. The van der Waals surface area contributed by atoms with Gasteiger partial charge in [-0.05, 0) is 31.4 Å². The third-order valence-corrected chi connectivity index (χ3v) is 4.74. The average Bonchev–Trinajstić information content (AvgIpc) is 2.62. The van der Waals surface area contributed by atoms with Crippen LogP contribution in [0.25, 0.3) is 0 Å². The number of benzene rings is 1. The van der Waals surface area contributed by atoms with Crippen molar-refractivity contribution in [1.29, 1.82) is 0 Å². The molecule has 1 rings (SSSR count). The standard InChI is InChI=1S/C17H17Cl2NO5S2/c1-5-12(14(26-3)17(22)23)24-13-7-6-10(25-27-4)8-11(13)20-16(21)9(2)15(18)19/h5-8H,1H2,2-4H3,(H,20,21)(H,22,23)/b14-12+. The molecule has 0 aromatic heterocycles. The molecule has 2 N–H and O–H groups in total. The van der Waals surface area contributed by atoms with Crippen molar-refractivity contribution in [3.05, 3.63) is 51.6 Å². The van der Waals surface area contributed by atoms with E-state index in [0.29, 0.717) is 5.75 Å². The molecule has 0 radical (unpaired) electrons. The van der Waals surface area contributed by atoms with Gasteiger partial charge in [-0.3, -0.25) is 4.79 Å². The Morgan fingerprint density at radius 1 is 1.30 bits per heavy atom. The highest BCUT2D eigenvalue weighted by atomic mass is 35.5. The molecular weight excluding hydrogens is 433 g/mol. The van der Waals surface area contributed by atoms with Crippen LogP contribution in [0.2, 0.25) is 0 Å². The third kappa shape index (κ3) is 6.73. The van der Waals surface area contributed by atoms with Crippen molar-refractivity contribution in [1.82, 2.24) is 0 Å². The zero-order chi connectivity index (χ0) is 20.6. The maximum absolute atomic E-state index is 12.3. The first-order valence-corrected chi connectivity index (χ1v) is 10.4. The summed E-state index contributed by atoms with van der Waals surface area (Å²) in [5.74, 6) is -1.02. The SMILES string of the molecule is C=C/C(Oc1ccc(OSC)cc1NC(=O)C(C)=C(Cl)Cl)=C(\SC)C(=O)O. The number of aliphatic carboxylic acids is 1. The van der Waals surface area contributed by atoms with Crippen LogP contribution in [0, 0.1) is 0 Å². The number of carbonyl (C=O) groups excluding carboxylic acids is 1. The van der Waals surface area contributed by atoms with Gasteiger partial charge >= 0.3 is 5.97 Å². The fraction of sp³-hybridized carbons (Fsp3) is 0.176. The first-order valence-electron chi connectivity index (χ1n) is 7.24. The van der Waals surface area contributed by atoms with Gasteiger partial charge in [0.1, 0.15) is 20.9 Å². The molecule has 0 aliphatic heterocycles. The molecule has 0 fully saturated rings. The molecule has 0 heterocycles. The summed E-state index contributed by atoms with van der Waals surface area (Å²) in [6.45, 7) is 5.04. The molecule has 0 atom stereocenters. The first kappa shape index (κ1) is 23.3. The van der Waals surface area contributed by atoms with Crippen LogP contribution in [0.5, 0.6) is 11.5 Å². The lowest BCUT2D eigenvalue weighted by atomic mass is 10.2. The van der Waals surface area contributed by atoms with Crippen molar-refractivity contribution in [3.8, 4) is 11.5 Å². The van der Waals surface area contributed by atoms with E-state index in [1.54, 1.807) is 18.6 Å². The molecule has 0 bridgehead atoms. The average molecular weight is 450 g/mol. The molecule has 0 saturated carbocycles. The number of halogens is 2. The monoisotopic (exact) mass is 449 g/mol. The highest BCUT2D eigenvalue weighted by Gasteiger charge is 2.17. The first-order chi connectivity index (χ1) is 12.7. The van der Waals surface area contributed by atoms with E-state index in [4.69, 9.17) is 32.1 Å². The zero-order valence-corrected chi connectivity index (χ0v) is 17.8. The zero-order valence-electron chi connectivity index (χ0n) is 14.7. The van der Waals surface area contributed by atoms with E-state index in [-0.39, 0.29) is 32.2 Å². The second-order valence-electron chi connectivity index (χ2n) is 4.76. The maximum Gasteiger partial charge on any atom is 0.346 e. The van der Waals surface area contributed by atoms with E-state index < -0.39 is 11.9 Å². The highest BCUT2D eigenvalue weighted by Crippen LogP contribution is 2.34. The summed E-state index contributed by atoms with van der Waals surface area (Å²) in [5, 5.41) is 11.9. The lowest BCUT2D eigenvalue weighted by Crippen LogP contribution is -2.14. The Hall–Kier alpha value is -1.74. The molecule has 27 heavy (non-hydrogen) atoms. The van der Waals surface area contributed by atoms with Crippen LogP contribution in [0.4, 0.5) is 5.69 Å². The molecule has 1 aromatic rings. The van der Waals surface area contributed by atoms with E-state index in [1.807, 2.05) is 0 Å². The van der Waals surface area contributed by atoms with Crippen molar-refractivity contribution < 1.29 is 23.6 Å². The fourth-order valence-electron chi connectivity index (χ4n) is 1.74. The molecule has 0 aliphatic rings. The van der Waals surface area contributed by atoms with Crippen LogP contribution in [-0.4, -0.2) is 29.5 Å². The van der Waals surface area contributed by atoms with Crippen molar-refractivity contribution in [3.63, 3.8) is 0 Å². The maximum atomic E-state index is 12.3. The Kier molecular flexibility index (Phi) is 9.65. The number of carbonyl (C=O) groups is 2. The van der Waals surface area contributed by atoms with Gasteiger partial charge in [-0.15, -0.1) is 11.8 Å². The Balaban J connectivity index is 3.37. The van der Waals surface area contributed by atoms with Gasteiger partial charge in [-0.25, -0.2) is 4.79 Å². The minimum atomic E-state index is -1.15. The Labute approximate surface area is 175 Å². The Morgan fingerprint density at radius 2 is 1.96 bits per heavy atom. The van der Waals surface area contributed by atoms with Crippen LogP contribution in [0.3, 0.4) is 0 Å². The number of allylic oxidation sites excluding steroid dienone is 1. The Bertz CT molecular complexity index is 805. The summed E-state index contributed by atoms with van der Waals surface area (Å²) in [6.07, 6.45) is 4.61. The summed E-state index contributed by atoms with van der Waals surface area (Å²) < 4.78 is 10.9. The number of nitrogens with one attached hydrogen (secondary N) is 1. The second-order valence-corrected chi connectivity index (χ2v) is 7.02. The number of hydrogen-bond donors (Lipinski definition) is 2. The van der Waals surface area contributed by atoms with E-state index >= 15 is 0 Å². The van der Waals surface area contributed by atoms with Crippen molar-refractivity contribution >= 4 is 64.6 Å². The molecule has 0 unspecified atom stereocenters. The minimum absolute atomic E-state index is 0.0340. The van der Waals surface area contributed by atoms with Crippen LogP contribution in [0.15, 0.2) is 51.6 Å². The molecule has 146 valence electrons. The van der Waals surface area contributed by atoms with Gasteiger partial charge in [0.05, 0.1) is 17.7 Å². The summed E-state index contributed by atoms with van der Waals surface area (Å²) in [7, 11) is 0. The van der Waals surface area contributed by atoms with Crippen LogP contribution < -0.4 is 14.2 Å². The number of amides is 1. The molecule has 6 nitrogen and oxygen atoms in total. The quantitative estimate of drug-likeness (QED) is 0.231. The normalized spacial score (nSPS) is 11.1. The predicted molar refractivity (Wildman–Crippen MR) is 113 cm³/mol. The van der Waals surface area contributed by atoms with E-state index in [9.17, 15) is 14.7 Å². The predicted octanol–water partition coefficient (Wildman–Crippen LogP) is 5.22. The van der Waals surface area contributed by atoms with Gasteiger partial charge < -0.3 is 19.3 Å². The van der Waals surface area contributed by atoms with Gasteiger partial charge in [0.25, 0.3) is 5.91 Å². The second kappa shape index (κ2) is 11.2.